The Balaban J connectivity index is 1.71. The van der Waals surface area contributed by atoms with E-state index in [1.54, 1.807) is 0 Å². The second kappa shape index (κ2) is 7.84. The molecule has 2 aliphatic heterocycles. The largest absolute Gasteiger partial charge is 0.381 e. The van der Waals surface area contributed by atoms with Crippen molar-refractivity contribution in [3.8, 4) is 6.07 Å². The van der Waals surface area contributed by atoms with Crippen molar-refractivity contribution in [2.75, 3.05) is 45.9 Å². The van der Waals surface area contributed by atoms with E-state index in [2.05, 4.69) is 22.8 Å². The van der Waals surface area contributed by atoms with Crippen LogP contribution in [0.1, 0.15) is 32.6 Å². The second-order valence-electron chi connectivity index (χ2n) is 5.83. The van der Waals surface area contributed by atoms with Gasteiger partial charge in [-0.05, 0) is 25.2 Å². The van der Waals surface area contributed by atoms with Crippen LogP contribution in [0.2, 0.25) is 0 Å². The number of nitrogens with zero attached hydrogens (tertiary/aromatic N) is 3. The van der Waals surface area contributed by atoms with Crippen LogP contribution in [0, 0.1) is 17.2 Å². The van der Waals surface area contributed by atoms with Gasteiger partial charge >= 0.3 is 0 Å². The van der Waals surface area contributed by atoms with Crippen LogP contribution in [-0.2, 0) is 4.74 Å². The van der Waals surface area contributed by atoms with Crippen LogP contribution < -0.4 is 0 Å². The summed E-state index contributed by atoms with van der Waals surface area (Å²) in [5, 5.41) is 9.22. The normalized spacial score (nSPS) is 25.1. The number of hydrogen-bond acceptors (Lipinski definition) is 4. The number of piperazine rings is 1. The summed E-state index contributed by atoms with van der Waals surface area (Å²) in [4.78, 5) is 4.94. The fraction of sp³-hybridized carbons (Fsp3) is 0.933. The molecule has 0 aromatic rings. The number of ether oxygens (including phenoxy) is 1. The van der Waals surface area contributed by atoms with Crippen molar-refractivity contribution in [1.29, 1.82) is 5.26 Å². The standard InChI is InChI=1S/C15H27N3O/c1-2-3-15(12-16)18-8-6-17(7-9-18)13-14-4-10-19-11-5-14/h14-15H,2-11,13H2,1H3. The zero-order valence-electron chi connectivity index (χ0n) is 12.2. The van der Waals surface area contributed by atoms with E-state index in [0.717, 1.165) is 58.2 Å². The van der Waals surface area contributed by atoms with Crippen LogP contribution in [0.25, 0.3) is 0 Å². The van der Waals surface area contributed by atoms with Gasteiger partial charge in [0.15, 0.2) is 0 Å². The first-order chi connectivity index (χ1) is 9.33. The summed E-state index contributed by atoms with van der Waals surface area (Å²) >= 11 is 0. The molecule has 0 amide bonds. The van der Waals surface area contributed by atoms with Gasteiger partial charge in [0.05, 0.1) is 12.1 Å². The third kappa shape index (κ3) is 4.45. The highest BCUT2D eigenvalue weighted by atomic mass is 16.5. The Hall–Kier alpha value is -0.630. The summed E-state index contributed by atoms with van der Waals surface area (Å²) in [5.74, 6) is 0.822. The summed E-state index contributed by atoms with van der Waals surface area (Å²) in [6, 6.07) is 2.59. The predicted octanol–water partition coefficient (Wildman–Crippen LogP) is 1.72. The zero-order valence-corrected chi connectivity index (χ0v) is 12.2. The van der Waals surface area contributed by atoms with E-state index in [0.29, 0.717) is 0 Å². The van der Waals surface area contributed by atoms with E-state index in [-0.39, 0.29) is 6.04 Å². The summed E-state index contributed by atoms with van der Waals surface area (Å²) in [6.07, 6.45) is 4.55. The molecule has 4 heteroatoms. The molecule has 2 fully saturated rings. The van der Waals surface area contributed by atoms with Crippen molar-refractivity contribution in [3.63, 3.8) is 0 Å². The predicted molar refractivity (Wildman–Crippen MR) is 75.9 cm³/mol. The average molecular weight is 265 g/mol. The van der Waals surface area contributed by atoms with E-state index >= 15 is 0 Å². The lowest BCUT2D eigenvalue weighted by molar-refractivity contribution is 0.0393. The van der Waals surface area contributed by atoms with Gasteiger partial charge in [-0.1, -0.05) is 13.3 Å². The van der Waals surface area contributed by atoms with E-state index in [1.807, 2.05) is 0 Å². The molecule has 4 nitrogen and oxygen atoms in total. The molecule has 108 valence electrons. The molecule has 0 bridgehead atoms. The average Bonchev–Trinajstić information content (AvgIpc) is 2.47. The van der Waals surface area contributed by atoms with E-state index in [1.165, 1.54) is 19.4 Å². The zero-order chi connectivity index (χ0) is 13.5. The molecule has 0 aromatic heterocycles. The molecular weight excluding hydrogens is 238 g/mol. The lowest BCUT2D eigenvalue weighted by atomic mass is 9.99. The molecule has 1 unspecified atom stereocenters. The molecule has 2 saturated heterocycles. The van der Waals surface area contributed by atoms with Crippen molar-refractivity contribution in [2.45, 2.75) is 38.6 Å². The molecule has 0 aromatic carbocycles. The first-order valence-electron chi connectivity index (χ1n) is 7.77. The molecule has 0 aliphatic carbocycles. The molecular formula is C15H27N3O. The maximum absolute atomic E-state index is 9.22. The van der Waals surface area contributed by atoms with Gasteiger partial charge in [0.2, 0.25) is 0 Å². The Labute approximate surface area is 117 Å². The third-order valence-corrected chi connectivity index (χ3v) is 4.42. The third-order valence-electron chi connectivity index (χ3n) is 4.42. The first kappa shape index (κ1) is 14.8. The number of rotatable bonds is 5. The molecule has 2 rings (SSSR count). The Morgan fingerprint density at radius 2 is 1.89 bits per heavy atom. The van der Waals surface area contributed by atoms with Gasteiger partial charge in [-0.15, -0.1) is 0 Å². The van der Waals surface area contributed by atoms with Gasteiger partial charge in [-0.25, -0.2) is 0 Å². The van der Waals surface area contributed by atoms with Gasteiger partial charge in [-0.3, -0.25) is 4.90 Å². The quantitative estimate of drug-likeness (QED) is 0.759. The van der Waals surface area contributed by atoms with Gasteiger partial charge in [0.25, 0.3) is 0 Å². The van der Waals surface area contributed by atoms with Crippen LogP contribution >= 0.6 is 0 Å². The second-order valence-corrected chi connectivity index (χ2v) is 5.83. The lowest BCUT2D eigenvalue weighted by Crippen LogP contribution is -2.51. The van der Waals surface area contributed by atoms with Gasteiger partial charge in [-0.2, -0.15) is 5.26 Å². The maximum atomic E-state index is 9.22. The van der Waals surface area contributed by atoms with Crippen molar-refractivity contribution < 1.29 is 4.74 Å². The molecule has 0 N–H and O–H groups in total. The van der Waals surface area contributed by atoms with Gasteiger partial charge < -0.3 is 9.64 Å². The minimum absolute atomic E-state index is 0.134. The number of nitriles is 1. The van der Waals surface area contributed by atoms with Crippen LogP contribution in [0.5, 0.6) is 0 Å². The van der Waals surface area contributed by atoms with Gasteiger partial charge in [0.1, 0.15) is 0 Å². The number of hydrogen-bond donors (Lipinski definition) is 0. The van der Waals surface area contributed by atoms with Crippen LogP contribution in [0.15, 0.2) is 0 Å². The van der Waals surface area contributed by atoms with Crippen molar-refractivity contribution in [3.05, 3.63) is 0 Å². The van der Waals surface area contributed by atoms with Crippen molar-refractivity contribution >= 4 is 0 Å². The molecule has 1 atom stereocenters. The van der Waals surface area contributed by atoms with E-state index in [9.17, 15) is 5.26 Å². The summed E-state index contributed by atoms with van der Waals surface area (Å²) in [5.41, 5.74) is 0. The topological polar surface area (TPSA) is 39.5 Å². The van der Waals surface area contributed by atoms with E-state index < -0.39 is 0 Å². The summed E-state index contributed by atoms with van der Waals surface area (Å²) in [7, 11) is 0. The smallest absolute Gasteiger partial charge is 0.0978 e. The lowest BCUT2D eigenvalue weighted by Gasteiger charge is -2.38. The van der Waals surface area contributed by atoms with Crippen molar-refractivity contribution in [1.82, 2.24) is 9.80 Å². The monoisotopic (exact) mass is 265 g/mol. The fourth-order valence-corrected chi connectivity index (χ4v) is 3.15. The maximum Gasteiger partial charge on any atom is 0.0978 e. The Bertz CT molecular complexity index is 288. The molecule has 0 saturated carbocycles. The minimum atomic E-state index is 0.134. The van der Waals surface area contributed by atoms with Gasteiger partial charge in [0, 0.05) is 45.9 Å². The Morgan fingerprint density at radius 1 is 1.21 bits per heavy atom. The minimum Gasteiger partial charge on any atom is -0.381 e. The van der Waals surface area contributed by atoms with Crippen LogP contribution in [0.4, 0.5) is 0 Å². The highest BCUT2D eigenvalue weighted by Gasteiger charge is 2.25. The van der Waals surface area contributed by atoms with Crippen LogP contribution in [0.3, 0.4) is 0 Å². The summed E-state index contributed by atoms with van der Waals surface area (Å²) in [6.45, 7) is 9.63. The fourth-order valence-electron chi connectivity index (χ4n) is 3.15. The SMILES string of the molecule is CCCC(C#N)N1CCN(CC2CCOCC2)CC1. The molecule has 0 spiro atoms. The molecule has 0 radical (unpaired) electrons. The van der Waals surface area contributed by atoms with E-state index in [4.69, 9.17) is 4.74 Å². The highest BCUT2D eigenvalue weighted by Crippen LogP contribution is 2.18. The molecule has 19 heavy (non-hydrogen) atoms. The first-order valence-corrected chi connectivity index (χ1v) is 7.77. The Kier molecular flexibility index (Phi) is 6.09. The molecule has 2 heterocycles. The van der Waals surface area contributed by atoms with Crippen LogP contribution in [-0.4, -0.2) is 61.8 Å². The highest BCUT2D eigenvalue weighted by molar-refractivity contribution is 4.93. The molecule has 2 aliphatic rings. The summed E-state index contributed by atoms with van der Waals surface area (Å²) < 4.78 is 5.42. The van der Waals surface area contributed by atoms with Crippen molar-refractivity contribution in [2.24, 2.45) is 5.92 Å². The Morgan fingerprint density at radius 3 is 2.47 bits per heavy atom.